The second-order valence-electron chi connectivity index (χ2n) is 4.05. The molecule has 1 aliphatic heterocycles. The first kappa shape index (κ1) is 12.5. The maximum Gasteiger partial charge on any atom is 0.236 e. The molecule has 1 saturated heterocycles. The molecule has 1 fully saturated rings. The molecule has 2 N–H and O–H groups in total. The minimum Gasteiger partial charge on any atom is -0.396 e. The summed E-state index contributed by atoms with van der Waals surface area (Å²) in [5.41, 5.74) is 0. The average molecular weight is 214 g/mol. The normalized spacial score (nSPS) is 17.5. The topological polar surface area (TPSA) is 52.6 Å². The van der Waals surface area contributed by atoms with Crippen LogP contribution in [0.15, 0.2) is 0 Å². The van der Waals surface area contributed by atoms with Crippen molar-refractivity contribution in [3.05, 3.63) is 0 Å². The molecule has 1 heterocycles. The number of aliphatic hydroxyl groups excluding tert-OH is 1. The van der Waals surface area contributed by atoms with E-state index in [1.165, 1.54) is 12.8 Å². The molecular formula is C11H22N2O2. The first-order valence-electron chi connectivity index (χ1n) is 5.94. The number of carbonyl (C=O) groups is 1. The van der Waals surface area contributed by atoms with E-state index in [2.05, 4.69) is 5.32 Å². The summed E-state index contributed by atoms with van der Waals surface area (Å²) in [6.07, 6.45) is 5.50. The number of nitrogens with zero attached hydrogens (tertiary/aromatic N) is 1. The minimum atomic E-state index is 0.185. The first-order valence-corrected chi connectivity index (χ1v) is 5.94. The Hall–Kier alpha value is -0.610. The van der Waals surface area contributed by atoms with E-state index in [4.69, 9.17) is 5.11 Å². The van der Waals surface area contributed by atoms with E-state index in [0.29, 0.717) is 13.0 Å². The first-order chi connectivity index (χ1) is 7.34. The molecule has 0 atom stereocenters. The summed E-state index contributed by atoms with van der Waals surface area (Å²) in [7, 11) is 0. The van der Waals surface area contributed by atoms with Gasteiger partial charge in [-0.15, -0.1) is 0 Å². The number of aliphatic hydroxyl groups is 1. The van der Waals surface area contributed by atoms with Gasteiger partial charge in [0, 0.05) is 19.7 Å². The highest BCUT2D eigenvalue weighted by Gasteiger charge is 2.14. The molecule has 1 rings (SSSR count). The second kappa shape index (κ2) is 7.65. The van der Waals surface area contributed by atoms with Gasteiger partial charge in [0.1, 0.15) is 0 Å². The number of likely N-dealkylation sites (tertiary alicyclic amines) is 1. The summed E-state index contributed by atoms with van der Waals surface area (Å²) >= 11 is 0. The Morgan fingerprint density at radius 3 is 2.47 bits per heavy atom. The molecule has 88 valence electrons. The molecule has 0 aromatic heterocycles. The number of rotatable bonds is 5. The SMILES string of the molecule is O=C(CNCCCO)N1CCCCCC1. The molecule has 4 heteroatoms. The number of amides is 1. The molecule has 0 saturated carbocycles. The van der Waals surface area contributed by atoms with Crippen molar-refractivity contribution in [3.63, 3.8) is 0 Å². The van der Waals surface area contributed by atoms with E-state index in [1.54, 1.807) is 0 Å². The molecule has 0 radical (unpaired) electrons. The number of hydrogen-bond acceptors (Lipinski definition) is 3. The van der Waals surface area contributed by atoms with E-state index in [9.17, 15) is 4.79 Å². The summed E-state index contributed by atoms with van der Waals surface area (Å²) in [5, 5.41) is 11.6. The monoisotopic (exact) mass is 214 g/mol. The van der Waals surface area contributed by atoms with Crippen LogP contribution in [0.25, 0.3) is 0 Å². The highest BCUT2D eigenvalue weighted by Crippen LogP contribution is 2.09. The summed E-state index contributed by atoms with van der Waals surface area (Å²) in [6, 6.07) is 0. The van der Waals surface area contributed by atoms with Crippen molar-refractivity contribution in [2.45, 2.75) is 32.1 Å². The van der Waals surface area contributed by atoms with Crippen LogP contribution in [0.5, 0.6) is 0 Å². The van der Waals surface area contributed by atoms with E-state index < -0.39 is 0 Å². The molecule has 0 bridgehead atoms. The molecule has 0 aromatic rings. The van der Waals surface area contributed by atoms with E-state index in [1.807, 2.05) is 4.90 Å². The van der Waals surface area contributed by atoms with Gasteiger partial charge in [0.25, 0.3) is 0 Å². The van der Waals surface area contributed by atoms with Crippen molar-refractivity contribution in [3.8, 4) is 0 Å². The number of carbonyl (C=O) groups excluding carboxylic acids is 1. The Labute approximate surface area is 91.6 Å². The minimum absolute atomic E-state index is 0.185. The predicted octanol–water partition coefficient (Wildman–Crippen LogP) is 0.361. The van der Waals surface area contributed by atoms with Crippen molar-refractivity contribution in [1.29, 1.82) is 0 Å². The molecule has 0 spiro atoms. The van der Waals surface area contributed by atoms with Crippen molar-refractivity contribution in [2.75, 3.05) is 32.8 Å². The van der Waals surface area contributed by atoms with Gasteiger partial charge in [0.05, 0.1) is 6.54 Å². The molecule has 1 aliphatic rings. The van der Waals surface area contributed by atoms with Crippen molar-refractivity contribution < 1.29 is 9.90 Å². The van der Waals surface area contributed by atoms with Gasteiger partial charge in [-0.1, -0.05) is 12.8 Å². The molecule has 0 unspecified atom stereocenters. The molecule has 1 amide bonds. The predicted molar refractivity (Wildman–Crippen MR) is 59.6 cm³/mol. The van der Waals surface area contributed by atoms with Crippen LogP contribution >= 0.6 is 0 Å². The summed E-state index contributed by atoms with van der Waals surface area (Å²) < 4.78 is 0. The molecular weight excluding hydrogens is 192 g/mol. The molecule has 0 aliphatic carbocycles. The maximum absolute atomic E-state index is 11.7. The Kier molecular flexibility index (Phi) is 6.36. The average Bonchev–Trinajstić information content (AvgIpc) is 2.52. The fraction of sp³-hybridized carbons (Fsp3) is 0.909. The van der Waals surface area contributed by atoms with Crippen LogP contribution in [0.4, 0.5) is 0 Å². The zero-order valence-corrected chi connectivity index (χ0v) is 9.37. The van der Waals surface area contributed by atoms with Gasteiger partial charge in [-0.25, -0.2) is 0 Å². The van der Waals surface area contributed by atoms with Gasteiger partial charge in [-0.3, -0.25) is 4.79 Å². The lowest BCUT2D eigenvalue weighted by atomic mass is 10.2. The highest BCUT2D eigenvalue weighted by atomic mass is 16.3. The number of hydrogen-bond donors (Lipinski definition) is 2. The Balaban J connectivity index is 2.14. The van der Waals surface area contributed by atoms with Crippen LogP contribution in [0.3, 0.4) is 0 Å². The molecule has 0 aromatic carbocycles. The van der Waals surface area contributed by atoms with E-state index >= 15 is 0 Å². The van der Waals surface area contributed by atoms with Crippen LogP contribution in [-0.4, -0.2) is 48.7 Å². The van der Waals surface area contributed by atoms with Crippen molar-refractivity contribution in [2.24, 2.45) is 0 Å². The Morgan fingerprint density at radius 2 is 1.87 bits per heavy atom. The van der Waals surface area contributed by atoms with Crippen molar-refractivity contribution >= 4 is 5.91 Å². The highest BCUT2D eigenvalue weighted by molar-refractivity contribution is 5.78. The second-order valence-corrected chi connectivity index (χ2v) is 4.05. The summed E-state index contributed by atoms with van der Waals surface area (Å²) in [4.78, 5) is 13.7. The third-order valence-electron chi connectivity index (χ3n) is 2.75. The largest absolute Gasteiger partial charge is 0.396 e. The summed E-state index contributed by atoms with van der Waals surface area (Å²) in [5.74, 6) is 0.204. The van der Waals surface area contributed by atoms with Crippen LogP contribution in [0.2, 0.25) is 0 Å². The van der Waals surface area contributed by atoms with Gasteiger partial charge in [0.2, 0.25) is 5.91 Å². The van der Waals surface area contributed by atoms with Gasteiger partial charge >= 0.3 is 0 Å². The lowest BCUT2D eigenvalue weighted by molar-refractivity contribution is -0.130. The summed E-state index contributed by atoms with van der Waals surface area (Å²) in [6.45, 7) is 3.15. The van der Waals surface area contributed by atoms with Gasteiger partial charge < -0.3 is 15.3 Å². The van der Waals surface area contributed by atoms with Crippen LogP contribution in [0.1, 0.15) is 32.1 Å². The lowest BCUT2D eigenvalue weighted by Crippen LogP contribution is -2.39. The standard InChI is InChI=1S/C11H22N2O2/c14-9-5-6-12-10-11(15)13-7-3-1-2-4-8-13/h12,14H,1-10H2. The molecule has 4 nitrogen and oxygen atoms in total. The Morgan fingerprint density at radius 1 is 1.20 bits per heavy atom. The fourth-order valence-electron chi connectivity index (χ4n) is 1.83. The van der Waals surface area contributed by atoms with E-state index in [0.717, 1.165) is 32.5 Å². The quantitative estimate of drug-likeness (QED) is 0.650. The smallest absolute Gasteiger partial charge is 0.236 e. The van der Waals surface area contributed by atoms with Gasteiger partial charge in [-0.05, 0) is 25.8 Å². The zero-order valence-electron chi connectivity index (χ0n) is 9.37. The third-order valence-corrected chi connectivity index (χ3v) is 2.75. The van der Waals surface area contributed by atoms with Crippen LogP contribution in [0, 0.1) is 0 Å². The van der Waals surface area contributed by atoms with Crippen LogP contribution in [-0.2, 0) is 4.79 Å². The number of nitrogens with one attached hydrogen (secondary N) is 1. The maximum atomic E-state index is 11.7. The lowest BCUT2D eigenvalue weighted by Gasteiger charge is -2.20. The van der Waals surface area contributed by atoms with Crippen molar-refractivity contribution in [1.82, 2.24) is 10.2 Å². The van der Waals surface area contributed by atoms with Gasteiger partial charge in [-0.2, -0.15) is 0 Å². The molecule has 15 heavy (non-hydrogen) atoms. The fourth-order valence-corrected chi connectivity index (χ4v) is 1.83. The van der Waals surface area contributed by atoms with E-state index in [-0.39, 0.29) is 12.5 Å². The zero-order chi connectivity index (χ0) is 10.9. The Bertz CT molecular complexity index is 177. The third kappa shape index (κ3) is 5.14. The van der Waals surface area contributed by atoms with Crippen LogP contribution < -0.4 is 5.32 Å². The van der Waals surface area contributed by atoms with Gasteiger partial charge in [0.15, 0.2) is 0 Å².